The molecule has 5 nitrogen and oxygen atoms in total. The molecule has 1 aliphatic carbocycles. The maximum Gasteiger partial charge on any atom is 0.341 e. The second kappa shape index (κ2) is 5.74. The molecule has 0 atom stereocenters. The van der Waals surface area contributed by atoms with Crippen molar-refractivity contribution in [2.75, 3.05) is 13.2 Å². The number of esters is 1. The number of aryl methyl sites for hydroxylation is 1. The number of hydrogen-bond acceptors (Lipinski definition) is 4. The Hall–Kier alpha value is -1.36. The molecule has 1 heterocycles. The quantitative estimate of drug-likeness (QED) is 0.798. The summed E-state index contributed by atoms with van der Waals surface area (Å²) in [7, 11) is 1.85. The molecule has 0 aromatic carbocycles. The van der Waals surface area contributed by atoms with Crippen LogP contribution in [0.5, 0.6) is 0 Å². The van der Waals surface area contributed by atoms with Crippen LogP contribution in [0.4, 0.5) is 0 Å². The maximum absolute atomic E-state index is 11.8. The summed E-state index contributed by atoms with van der Waals surface area (Å²) in [5.74, 6) is -0.290. The Morgan fingerprint density at radius 2 is 2.32 bits per heavy atom. The Morgan fingerprint density at radius 3 is 2.89 bits per heavy atom. The van der Waals surface area contributed by atoms with Crippen molar-refractivity contribution in [3.8, 4) is 0 Å². The van der Waals surface area contributed by atoms with Crippen molar-refractivity contribution in [3.63, 3.8) is 0 Å². The summed E-state index contributed by atoms with van der Waals surface area (Å²) in [6.07, 6.45) is 5.49. The first kappa shape index (κ1) is 14.1. The third kappa shape index (κ3) is 3.15. The highest BCUT2D eigenvalue weighted by atomic mass is 16.5. The minimum atomic E-state index is -0.290. The van der Waals surface area contributed by atoms with Gasteiger partial charge in [0.15, 0.2) is 0 Å². The molecule has 0 radical (unpaired) electrons. The predicted octanol–water partition coefficient (Wildman–Crippen LogP) is 1.88. The number of ether oxygens (including phenoxy) is 1. The van der Waals surface area contributed by atoms with Gasteiger partial charge >= 0.3 is 5.97 Å². The number of rotatable bonds is 6. The molecule has 106 valence electrons. The fraction of sp³-hybridized carbons (Fsp3) is 0.714. The third-order valence-corrected chi connectivity index (χ3v) is 3.96. The number of nitrogens with zero attached hydrogens (tertiary/aromatic N) is 2. The minimum Gasteiger partial charge on any atom is -0.462 e. The van der Waals surface area contributed by atoms with Crippen LogP contribution < -0.4 is 5.32 Å². The van der Waals surface area contributed by atoms with Crippen molar-refractivity contribution in [1.29, 1.82) is 0 Å². The van der Waals surface area contributed by atoms with Gasteiger partial charge in [0.25, 0.3) is 0 Å². The van der Waals surface area contributed by atoms with Crippen LogP contribution in [-0.4, -0.2) is 28.9 Å². The summed E-state index contributed by atoms with van der Waals surface area (Å²) < 4.78 is 6.78. The van der Waals surface area contributed by atoms with Crippen LogP contribution >= 0.6 is 0 Å². The third-order valence-electron chi connectivity index (χ3n) is 3.96. The predicted molar refractivity (Wildman–Crippen MR) is 72.8 cm³/mol. The number of carbonyl (C=O) groups excluding carboxylic acids is 1. The highest BCUT2D eigenvalue weighted by Gasteiger charge is 2.31. The average Bonchev–Trinajstić information content (AvgIpc) is 2.69. The van der Waals surface area contributed by atoms with E-state index in [0.717, 1.165) is 12.2 Å². The van der Waals surface area contributed by atoms with E-state index < -0.39 is 0 Å². The van der Waals surface area contributed by atoms with Crippen LogP contribution in [0.3, 0.4) is 0 Å². The minimum absolute atomic E-state index is 0.290. The molecule has 0 amide bonds. The Bertz CT molecular complexity index is 450. The Labute approximate surface area is 114 Å². The Kier molecular flexibility index (Phi) is 4.24. The first-order chi connectivity index (χ1) is 9.06. The van der Waals surface area contributed by atoms with Crippen molar-refractivity contribution in [3.05, 3.63) is 17.5 Å². The van der Waals surface area contributed by atoms with E-state index in [2.05, 4.69) is 17.3 Å². The van der Waals surface area contributed by atoms with Crippen molar-refractivity contribution in [1.82, 2.24) is 15.1 Å². The Balaban J connectivity index is 1.95. The lowest BCUT2D eigenvalue weighted by Crippen LogP contribution is -2.37. The molecule has 0 spiro atoms. The molecular formula is C14H23N3O2. The monoisotopic (exact) mass is 265 g/mol. The van der Waals surface area contributed by atoms with E-state index in [1.165, 1.54) is 19.3 Å². The molecule has 1 aromatic heterocycles. The highest BCUT2D eigenvalue weighted by Crippen LogP contribution is 2.39. The summed E-state index contributed by atoms with van der Waals surface area (Å²) in [6.45, 7) is 6.14. The number of aromatic nitrogens is 2. The second-order valence-electron chi connectivity index (χ2n) is 5.62. The van der Waals surface area contributed by atoms with Crippen LogP contribution in [0.25, 0.3) is 0 Å². The van der Waals surface area contributed by atoms with Crippen LogP contribution in [-0.2, 0) is 18.3 Å². The van der Waals surface area contributed by atoms with Gasteiger partial charge in [0.1, 0.15) is 5.56 Å². The normalized spacial score (nSPS) is 17.0. The molecule has 5 heteroatoms. The zero-order valence-corrected chi connectivity index (χ0v) is 12.0. The molecule has 0 bridgehead atoms. The van der Waals surface area contributed by atoms with Gasteiger partial charge in [-0.3, -0.25) is 4.68 Å². The van der Waals surface area contributed by atoms with Gasteiger partial charge in [0.2, 0.25) is 0 Å². The Morgan fingerprint density at radius 1 is 1.58 bits per heavy atom. The lowest BCUT2D eigenvalue weighted by molar-refractivity contribution is 0.0524. The highest BCUT2D eigenvalue weighted by molar-refractivity contribution is 5.90. The molecule has 2 rings (SSSR count). The van der Waals surface area contributed by atoms with Crippen molar-refractivity contribution in [2.24, 2.45) is 12.5 Å². The summed E-state index contributed by atoms with van der Waals surface area (Å²) in [5, 5.41) is 7.58. The molecule has 1 aromatic rings. The molecule has 1 fully saturated rings. The number of hydrogen-bond donors (Lipinski definition) is 1. The lowest BCUT2D eigenvalue weighted by Gasteiger charge is -2.38. The standard InChI is InChI=1S/C14H23N3O2/c1-4-19-13(18)11-8-16-17(3)12(11)9-15-10-14(2)6-5-7-14/h8,15H,4-7,9-10H2,1-3H3. The van der Waals surface area contributed by atoms with Gasteiger partial charge < -0.3 is 10.1 Å². The molecule has 0 aliphatic heterocycles. The SMILES string of the molecule is CCOC(=O)c1cnn(C)c1CNCC1(C)CCC1. The average molecular weight is 265 g/mol. The van der Waals surface area contributed by atoms with Crippen LogP contribution in [0.1, 0.15) is 49.2 Å². The van der Waals surface area contributed by atoms with Crippen molar-refractivity contribution in [2.45, 2.75) is 39.7 Å². The number of carbonyl (C=O) groups is 1. The van der Waals surface area contributed by atoms with E-state index in [1.807, 2.05) is 14.0 Å². The van der Waals surface area contributed by atoms with Gasteiger partial charge in [-0.05, 0) is 25.2 Å². The summed E-state index contributed by atoms with van der Waals surface area (Å²) in [6, 6.07) is 0. The summed E-state index contributed by atoms with van der Waals surface area (Å²) in [4.78, 5) is 11.8. The zero-order valence-electron chi connectivity index (χ0n) is 12.0. The van der Waals surface area contributed by atoms with Gasteiger partial charge in [-0.15, -0.1) is 0 Å². The van der Waals surface area contributed by atoms with E-state index in [4.69, 9.17) is 4.74 Å². The maximum atomic E-state index is 11.8. The van der Waals surface area contributed by atoms with Gasteiger partial charge in [0.05, 0.1) is 18.5 Å². The number of nitrogens with one attached hydrogen (secondary N) is 1. The largest absolute Gasteiger partial charge is 0.462 e. The van der Waals surface area contributed by atoms with Crippen LogP contribution in [0.15, 0.2) is 6.20 Å². The van der Waals surface area contributed by atoms with Gasteiger partial charge in [-0.1, -0.05) is 13.3 Å². The topological polar surface area (TPSA) is 56.1 Å². The van der Waals surface area contributed by atoms with Crippen molar-refractivity contribution >= 4 is 5.97 Å². The lowest BCUT2D eigenvalue weighted by atomic mass is 9.70. The van der Waals surface area contributed by atoms with Crippen molar-refractivity contribution < 1.29 is 9.53 Å². The van der Waals surface area contributed by atoms with E-state index in [1.54, 1.807) is 10.9 Å². The van der Waals surface area contributed by atoms with E-state index in [0.29, 0.717) is 24.1 Å². The molecule has 1 aliphatic rings. The van der Waals surface area contributed by atoms with E-state index in [-0.39, 0.29) is 5.97 Å². The first-order valence-corrected chi connectivity index (χ1v) is 6.94. The molecule has 0 saturated heterocycles. The molecule has 19 heavy (non-hydrogen) atoms. The molecule has 1 saturated carbocycles. The first-order valence-electron chi connectivity index (χ1n) is 6.94. The molecule has 1 N–H and O–H groups in total. The van der Waals surface area contributed by atoms with E-state index in [9.17, 15) is 4.79 Å². The van der Waals surface area contributed by atoms with Crippen LogP contribution in [0, 0.1) is 5.41 Å². The zero-order chi connectivity index (χ0) is 13.9. The van der Waals surface area contributed by atoms with Gasteiger partial charge in [-0.2, -0.15) is 5.10 Å². The van der Waals surface area contributed by atoms with Gasteiger partial charge in [0, 0.05) is 20.1 Å². The fourth-order valence-corrected chi connectivity index (χ4v) is 2.49. The summed E-state index contributed by atoms with van der Waals surface area (Å²) >= 11 is 0. The van der Waals surface area contributed by atoms with Gasteiger partial charge in [-0.25, -0.2) is 4.79 Å². The second-order valence-corrected chi connectivity index (χ2v) is 5.62. The van der Waals surface area contributed by atoms with Crippen LogP contribution in [0.2, 0.25) is 0 Å². The van der Waals surface area contributed by atoms with E-state index >= 15 is 0 Å². The summed E-state index contributed by atoms with van der Waals surface area (Å²) in [5.41, 5.74) is 1.89. The molecule has 0 unspecified atom stereocenters. The fourth-order valence-electron chi connectivity index (χ4n) is 2.49. The smallest absolute Gasteiger partial charge is 0.341 e. The molecular weight excluding hydrogens is 242 g/mol.